The summed E-state index contributed by atoms with van der Waals surface area (Å²) in [6.07, 6.45) is 0. The number of hydrogen-bond acceptors (Lipinski definition) is 3. The van der Waals surface area contributed by atoms with Crippen molar-refractivity contribution < 1.29 is 4.42 Å². The average Bonchev–Trinajstić information content (AvgIpc) is 2.88. The summed E-state index contributed by atoms with van der Waals surface area (Å²) in [4.78, 5) is 16.6. The van der Waals surface area contributed by atoms with E-state index in [1.807, 2.05) is 24.3 Å². The second-order valence-corrected chi connectivity index (χ2v) is 5.60. The molecule has 0 saturated carbocycles. The van der Waals surface area contributed by atoms with Crippen LogP contribution in [0.5, 0.6) is 0 Å². The third kappa shape index (κ3) is 2.62. The molecule has 0 aliphatic rings. The zero-order valence-corrected chi connectivity index (χ0v) is 12.8. The van der Waals surface area contributed by atoms with E-state index in [9.17, 15) is 4.79 Å². The van der Waals surface area contributed by atoms with Crippen molar-refractivity contribution in [3.8, 4) is 0 Å². The molecule has 7 heteroatoms. The highest BCUT2D eigenvalue weighted by atomic mass is 79.9. The molecular formula is C12H9Br2N3O2. The molecule has 0 spiro atoms. The lowest BCUT2D eigenvalue weighted by molar-refractivity contribution is 0.494. The summed E-state index contributed by atoms with van der Waals surface area (Å²) in [6.45, 7) is 0.560. The van der Waals surface area contributed by atoms with Gasteiger partial charge in [0.05, 0.1) is 22.1 Å². The van der Waals surface area contributed by atoms with E-state index in [4.69, 9.17) is 4.42 Å². The van der Waals surface area contributed by atoms with Gasteiger partial charge in [-0.3, -0.25) is 0 Å². The summed E-state index contributed by atoms with van der Waals surface area (Å²) in [7, 11) is 0. The lowest BCUT2D eigenvalue weighted by atomic mass is 10.2. The molecule has 3 N–H and O–H groups in total. The number of aromatic amines is 2. The van der Waals surface area contributed by atoms with Crippen molar-refractivity contribution in [2.75, 3.05) is 5.32 Å². The maximum absolute atomic E-state index is 11.2. The van der Waals surface area contributed by atoms with Crippen molar-refractivity contribution in [1.82, 2.24) is 9.97 Å². The normalized spacial score (nSPS) is 11.1. The van der Waals surface area contributed by atoms with Gasteiger partial charge in [0.15, 0.2) is 4.67 Å². The highest BCUT2D eigenvalue weighted by Crippen LogP contribution is 2.27. The quantitative estimate of drug-likeness (QED) is 0.643. The van der Waals surface area contributed by atoms with Crippen LogP contribution in [0.4, 0.5) is 5.69 Å². The molecule has 2 aromatic heterocycles. The minimum atomic E-state index is -0.203. The summed E-state index contributed by atoms with van der Waals surface area (Å²) < 4.78 is 7.03. The van der Waals surface area contributed by atoms with E-state index < -0.39 is 0 Å². The SMILES string of the molecule is O=c1[nH]c2ccc(NCc3cc(Br)c(Br)o3)cc2[nH]1. The first-order chi connectivity index (χ1) is 9.11. The van der Waals surface area contributed by atoms with E-state index in [0.29, 0.717) is 11.2 Å². The predicted molar refractivity (Wildman–Crippen MR) is 80.4 cm³/mol. The summed E-state index contributed by atoms with van der Waals surface area (Å²) in [5, 5.41) is 3.23. The predicted octanol–water partition coefficient (Wildman–Crippen LogP) is 3.59. The first-order valence-electron chi connectivity index (χ1n) is 5.51. The van der Waals surface area contributed by atoms with Crippen molar-refractivity contribution >= 4 is 48.6 Å². The van der Waals surface area contributed by atoms with Gasteiger partial charge in [-0.25, -0.2) is 4.79 Å². The zero-order valence-electron chi connectivity index (χ0n) is 9.59. The molecule has 1 aromatic carbocycles. The Labute approximate surface area is 124 Å². The van der Waals surface area contributed by atoms with Crippen LogP contribution >= 0.6 is 31.9 Å². The number of imidazole rings is 1. The molecule has 98 valence electrons. The summed E-state index contributed by atoms with van der Waals surface area (Å²) >= 11 is 6.66. The molecular weight excluding hydrogens is 378 g/mol. The second kappa shape index (κ2) is 4.90. The van der Waals surface area contributed by atoms with Crippen molar-refractivity contribution in [3.63, 3.8) is 0 Å². The summed E-state index contributed by atoms with van der Waals surface area (Å²) in [6, 6.07) is 7.52. The first-order valence-corrected chi connectivity index (χ1v) is 7.10. The molecule has 0 radical (unpaired) electrons. The standard InChI is InChI=1S/C12H9Br2N3O2/c13-8-4-7(19-11(8)14)5-15-6-1-2-9-10(3-6)17-12(18)16-9/h1-4,15H,5H2,(H2,16,17,18). The number of H-pyrrole nitrogens is 2. The third-order valence-electron chi connectivity index (χ3n) is 2.68. The van der Waals surface area contributed by atoms with Gasteiger partial charge >= 0.3 is 5.69 Å². The van der Waals surface area contributed by atoms with Gasteiger partial charge in [-0.15, -0.1) is 0 Å². The number of nitrogens with one attached hydrogen (secondary N) is 3. The molecule has 3 rings (SSSR count). The molecule has 0 unspecified atom stereocenters. The van der Waals surface area contributed by atoms with Crippen LogP contribution < -0.4 is 11.0 Å². The van der Waals surface area contributed by atoms with Crippen LogP contribution in [0.2, 0.25) is 0 Å². The van der Waals surface area contributed by atoms with Crippen molar-refractivity contribution in [1.29, 1.82) is 0 Å². The monoisotopic (exact) mass is 385 g/mol. The Morgan fingerprint density at radius 3 is 2.68 bits per heavy atom. The van der Waals surface area contributed by atoms with Crippen molar-refractivity contribution in [2.24, 2.45) is 0 Å². The second-order valence-electron chi connectivity index (χ2n) is 4.03. The molecule has 0 bridgehead atoms. The van der Waals surface area contributed by atoms with Crippen LogP contribution in [0.25, 0.3) is 11.0 Å². The first kappa shape index (κ1) is 12.6. The molecule has 5 nitrogen and oxygen atoms in total. The van der Waals surface area contributed by atoms with E-state index >= 15 is 0 Å². The third-order valence-corrected chi connectivity index (χ3v) is 4.39. The fourth-order valence-corrected chi connectivity index (χ4v) is 2.47. The fourth-order valence-electron chi connectivity index (χ4n) is 1.81. The minimum absolute atomic E-state index is 0.203. The molecule has 0 fully saturated rings. The largest absolute Gasteiger partial charge is 0.451 e. The van der Waals surface area contributed by atoms with Gasteiger partial charge in [-0.1, -0.05) is 0 Å². The molecule has 0 aliphatic carbocycles. The van der Waals surface area contributed by atoms with Gasteiger partial charge in [0.1, 0.15) is 5.76 Å². The summed E-state index contributed by atoms with van der Waals surface area (Å²) in [5.41, 5.74) is 2.27. The van der Waals surface area contributed by atoms with Crippen LogP contribution in [0.3, 0.4) is 0 Å². The molecule has 19 heavy (non-hydrogen) atoms. The zero-order chi connectivity index (χ0) is 13.4. The fraction of sp³-hybridized carbons (Fsp3) is 0.0833. The van der Waals surface area contributed by atoms with Gasteiger partial charge < -0.3 is 19.7 Å². The van der Waals surface area contributed by atoms with Crippen molar-refractivity contribution in [2.45, 2.75) is 6.54 Å². The van der Waals surface area contributed by atoms with Crippen molar-refractivity contribution in [3.05, 3.63) is 49.7 Å². The Morgan fingerprint density at radius 1 is 1.16 bits per heavy atom. The Kier molecular flexibility index (Phi) is 3.24. The number of halogens is 2. The smallest absolute Gasteiger partial charge is 0.323 e. The van der Waals surface area contributed by atoms with Gasteiger partial charge in [0, 0.05) is 5.69 Å². The van der Waals surface area contributed by atoms with E-state index in [1.165, 1.54) is 0 Å². The molecule has 0 amide bonds. The highest BCUT2D eigenvalue weighted by molar-refractivity contribution is 9.13. The number of furan rings is 1. The topological polar surface area (TPSA) is 73.8 Å². The van der Waals surface area contributed by atoms with Gasteiger partial charge in [-0.05, 0) is 56.1 Å². The number of aromatic nitrogens is 2. The van der Waals surface area contributed by atoms with Crippen LogP contribution in [0.1, 0.15) is 5.76 Å². The molecule has 0 aliphatic heterocycles. The highest BCUT2D eigenvalue weighted by Gasteiger charge is 2.06. The van der Waals surface area contributed by atoms with E-state index in [0.717, 1.165) is 27.0 Å². The van der Waals surface area contributed by atoms with E-state index in [2.05, 4.69) is 47.1 Å². The lowest BCUT2D eigenvalue weighted by Crippen LogP contribution is -1.99. The lowest BCUT2D eigenvalue weighted by Gasteiger charge is -2.03. The number of anilines is 1. The maximum Gasteiger partial charge on any atom is 0.323 e. The van der Waals surface area contributed by atoms with Crippen LogP contribution in [-0.2, 0) is 6.54 Å². The average molecular weight is 387 g/mol. The van der Waals surface area contributed by atoms with Crippen LogP contribution in [-0.4, -0.2) is 9.97 Å². The van der Waals surface area contributed by atoms with Gasteiger partial charge in [0.25, 0.3) is 0 Å². The van der Waals surface area contributed by atoms with Crippen LogP contribution in [0, 0.1) is 0 Å². The summed E-state index contributed by atoms with van der Waals surface area (Å²) in [5.74, 6) is 0.807. The van der Waals surface area contributed by atoms with E-state index in [-0.39, 0.29) is 5.69 Å². The number of fused-ring (bicyclic) bond motifs is 1. The van der Waals surface area contributed by atoms with Gasteiger partial charge in [0.2, 0.25) is 0 Å². The Hall–Kier alpha value is -1.47. The van der Waals surface area contributed by atoms with Crippen LogP contribution in [0.15, 0.2) is 42.6 Å². The molecule has 2 heterocycles. The molecule has 3 aromatic rings. The molecule has 0 atom stereocenters. The Morgan fingerprint density at radius 2 is 1.95 bits per heavy atom. The van der Waals surface area contributed by atoms with Gasteiger partial charge in [-0.2, -0.15) is 0 Å². The Balaban J connectivity index is 1.79. The van der Waals surface area contributed by atoms with E-state index in [1.54, 1.807) is 0 Å². The Bertz CT molecular complexity index is 768. The number of rotatable bonds is 3. The minimum Gasteiger partial charge on any atom is -0.451 e. The number of hydrogen-bond donors (Lipinski definition) is 3. The number of benzene rings is 1. The molecule has 0 saturated heterocycles. The maximum atomic E-state index is 11.2.